The molecule has 134 valence electrons. The Kier molecular flexibility index (Phi) is 6.71. The largest absolute Gasteiger partial charge is 0.146 e. The first kappa shape index (κ1) is 21.3. The molecule has 0 N–H and O–H groups in total. The summed E-state index contributed by atoms with van der Waals surface area (Å²) in [5.41, 5.74) is 0.645. The summed E-state index contributed by atoms with van der Waals surface area (Å²) in [5.74, 6) is 0. The lowest BCUT2D eigenvalue weighted by Gasteiger charge is -2.33. The van der Waals surface area contributed by atoms with E-state index in [2.05, 4.69) is 78.8 Å². The Labute approximate surface area is 156 Å². The van der Waals surface area contributed by atoms with Gasteiger partial charge in [-0.2, -0.15) is 0 Å². The number of aromatic nitrogens is 2. The Bertz CT molecular complexity index is 461. The van der Waals surface area contributed by atoms with E-state index in [1.165, 1.54) is 4.21 Å². The Balaban J connectivity index is 2.85. The Morgan fingerprint density at radius 2 is 1.17 bits per heavy atom. The zero-order chi connectivity index (χ0) is 18.1. The normalized spacial score (nSPS) is 14.3. The topological polar surface area (TPSA) is 25.8 Å². The molecule has 0 aromatic carbocycles. The molecule has 0 atom stereocenters. The number of rotatable bonds is 6. The predicted octanol–water partition coefficient (Wildman–Crippen LogP) is 7.15. The number of nitrogens with zero attached hydrogens (tertiary/aromatic N) is 2. The van der Waals surface area contributed by atoms with E-state index in [9.17, 15) is 0 Å². The molecule has 0 radical (unpaired) electrons. The summed E-state index contributed by atoms with van der Waals surface area (Å²) in [7, 11) is 0. The standard InChI is InChI=1S/C18H34N2S3/c1-15(2,3)11-17(7,8)21-13-14(23-20-19-13)22-18(9,10)12-16(4,5)6/h11-12H2,1-10H3. The van der Waals surface area contributed by atoms with E-state index in [1.54, 1.807) is 11.5 Å². The van der Waals surface area contributed by atoms with E-state index in [1.807, 2.05) is 23.5 Å². The molecule has 1 rings (SSSR count). The molecule has 1 heterocycles. The Morgan fingerprint density at radius 3 is 1.61 bits per heavy atom. The highest BCUT2D eigenvalue weighted by Crippen LogP contribution is 2.48. The van der Waals surface area contributed by atoms with Gasteiger partial charge in [-0.3, -0.25) is 0 Å². The van der Waals surface area contributed by atoms with Crippen molar-refractivity contribution in [2.45, 2.75) is 101 Å². The second kappa shape index (κ2) is 7.25. The molecular formula is C18H34N2S3. The highest BCUT2D eigenvalue weighted by Gasteiger charge is 2.32. The fraction of sp³-hybridized carbons (Fsp3) is 0.889. The summed E-state index contributed by atoms with van der Waals surface area (Å²) in [4.78, 5) is 0. The third kappa shape index (κ3) is 8.78. The molecule has 0 saturated carbocycles. The second-order valence-electron chi connectivity index (χ2n) is 10.1. The van der Waals surface area contributed by atoms with E-state index < -0.39 is 0 Å². The number of hydrogen-bond acceptors (Lipinski definition) is 5. The molecule has 0 aliphatic rings. The lowest BCUT2D eigenvalue weighted by atomic mass is 9.86. The van der Waals surface area contributed by atoms with Gasteiger partial charge in [0.05, 0.1) is 0 Å². The summed E-state index contributed by atoms with van der Waals surface area (Å²) in [6.45, 7) is 23.1. The monoisotopic (exact) mass is 374 g/mol. The minimum atomic E-state index is 0.164. The zero-order valence-corrected chi connectivity index (χ0v) is 19.0. The van der Waals surface area contributed by atoms with Crippen LogP contribution < -0.4 is 0 Å². The van der Waals surface area contributed by atoms with Crippen LogP contribution in [0.15, 0.2) is 9.24 Å². The van der Waals surface area contributed by atoms with E-state index in [-0.39, 0.29) is 9.49 Å². The fourth-order valence-corrected chi connectivity index (χ4v) is 7.55. The first-order valence-corrected chi connectivity index (χ1v) is 10.7. The van der Waals surface area contributed by atoms with Gasteiger partial charge in [-0.1, -0.05) is 85.5 Å². The van der Waals surface area contributed by atoms with Crippen LogP contribution in [0.5, 0.6) is 0 Å². The maximum absolute atomic E-state index is 4.42. The van der Waals surface area contributed by atoms with E-state index in [0.29, 0.717) is 10.8 Å². The van der Waals surface area contributed by atoms with E-state index >= 15 is 0 Å². The van der Waals surface area contributed by atoms with Crippen LogP contribution in [-0.4, -0.2) is 19.1 Å². The summed E-state index contributed by atoms with van der Waals surface area (Å²) in [5, 5.41) is 5.53. The fourth-order valence-electron chi connectivity index (χ4n) is 3.44. The highest BCUT2D eigenvalue weighted by atomic mass is 32.2. The molecule has 5 heteroatoms. The quantitative estimate of drug-likeness (QED) is 0.494. The van der Waals surface area contributed by atoms with Gasteiger partial charge >= 0.3 is 0 Å². The molecule has 0 bridgehead atoms. The number of thioether (sulfide) groups is 2. The molecule has 0 aliphatic carbocycles. The molecule has 0 aliphatic heterocycles. The SMILES string of the molecule is CC(C)(C)CC(C)(C)Sc1nnsc1SC(C)(C)CC(C)(C)C. The summed E-state index contributed by atoms with van der Waals surface area (Å²) in [6, 6.07) is 0. The average Bonchev–Trinajstić information content (AvgIpc) is 2.55. The molecule has 0 amide bonds. The zero-order valence-electron chi connectivity index (χ0n) is 16.5. The smallest absolute Gasteiger partial charge is 0.130 e. The molecule has 0 spiro atoms. The molecule has 2 nitrogen and oxygen atoms in total. The van der Waals surface area contributed by atoms with Gasteiger partial charge < -0.3 is 0 Å². The van der Waals surface area contributed by atoms with E-state index in [4.69, 9.17) is 0 Å². The molecule has 23 heavy (non-hydrogen) atoms. The van der Waals surface area contributed by atoms with Crippen LogP contribution in [0.2, 0.25) is 0 Å². The minimum Gasteiger partial charge on any atom is -0.130 e. The van der Waals surface area contributed by atoms with Gasteiger partial charge in [0, 0.05) is 9.49 Å². The van der Waals surface area contributed by atoms with Gasteiger partial charge in [-0.25, -0.2) is 0 Å². The second-order valence-corrected chi connectivity index (χ2v) is 14.5. The van der Waals surface area contributed by atoms with Crippen LogP contribution in [-0.2, 0) is 0 Å². The summed E-state index contributed by atoms with van der Waals surface area (Å²) >= 11 is 5.36. The molecular weight excluding hydrogens is 340 g/mol. The van der Waals surface area contributed by atoms with Crippen molar-refractivity contribution in [3.8, 4) is 0 Å². The predicted molar refractivity (Wildman–Crippen MR) is 108 cm³/mol. The van der Waals surface area contributed by atoms with Crippen LogP contribution in [0, 0.1) is 10.8 Å². The lowest BCUT2D eigenvalue weighted by molar-refractivity contribution is 0.338. The van der Waals surface area contributed by atoms with E-state index in [0.717, 1.165) is 17.9 Å². The molecule has 0 fully saturated rings. The first-order chi connectivity index (χ1) is 10.1. The van der Waals surface area contributed by atoms with Gasteiger partial charge in [0.1, 0.15) is 9.24 Å². The first-order valence-electron chi connectivity index (χ1n) is 8.29. The minimum absolute atomic E-state index is 0.164. The molecule has 1 aromatic rings. The summed E-state index contributed by atoms with van der Waals surface area (Å²) in [6.07, 6.45) is 2.32. The van der Waals surface area contributed by atoms with Crippen LogP contribution in [0.25, 0.3) is 0 Å². The van der Waals surface area contributed by atoms with Crippen molar-refractivity contribution in [3.63, 3.8) is 0 Å². The van der Waals surface area contributed by atoms with Crippen molar-refractivity contribution < 1.29 is 0 Å². The Hall–Kier alpha value is 0.260. The van der Waals surface area contributed by atoms with Crippen LogP contribution in [0.3, 0.4) is 0 Å². The average molecular weight is 375 g/mol. The van der Waals surface area contributed by atoms with Crippen molar-refractivity contribution in [3.05, 3.63) is 0 Å². The van der Waals surface area contributed by atoms with Crippen molar-refractivity contribution >= 4 is 35.1 Å². The third-order valence-electron chi connectivity index (χ3n) is 3.08. The third-order valence-corrected chi connectivity index (χ3v) is 6.59. The van der Waals surface area contributed by atoms with Crippen molar-refractivity contribution in [1.82, 2.24) is 9.59 Å². The van der Waals surface area contributed by atoms with Crippen LogP contribution >= 0.6 is 35.1 Å². The highest BCUT2D eigenvalue weighted by molar-refractivity contribution is 8.04. The maximum atomic E-state index is 4.42. The van der Waals surface area contributed by atoms with Crippen molar-refractivity contribution in [1.29, 1.82) is 0 Å². The molecule has 1 aromatic heterocycles. The van der Waals surface area contributed by atoms with Gasteiger partial charge in [-0.05, 0) is 35.2 Å². The van der Waals surface area contributed by atoms with Gasteiger partial charge in [0.2, 0.25) is 0 Å². The van der Waals surface area contributed by atoms with Gasteiger partial charge in [-0.15, -0.1) is 16.9 Å². The van der Waals surface area contributed by atoms with Gasteiger partial charge in [0.25, 0.3) is 0 Å². The summed E-state index contributed by atoms with van der Waals surface area (Å²) < 4.78 is 5.86. The Morgan fingerprint density at radius 1 is 0.739 bits per heavy atom. The van der Waals surface area contributed by atoms with Crippen LogP contribution in [0.1, 0.15) is 82.1 Å². The lowest BCUT2D eigenvalue weighted by Crippen LogP contribution is -2.24. The molecule has 0 unspecified atom stereocenters. The number of hydrogen-bond donors (Lipinski definition) is 0. The molecule has 0 saturated heterocycles. The van der Waals surface area contributed by atoms with Crippen LogP contribution in [0.4, 0.5) is 0 Å². The van der Waals surface area contributed by atoms with Crippen molar-refractivity contribution in [2.75, 3.05) is 0 Å². The maximum Gasteiger partial charge on any atom is 0.146 e. The van der Waals surface area contributed by atoms with Gasteiger partial charge in [0.15, 0.2) is 0 Å². The van der Waals surface area contributed by atoms with Crippen molar-refractivity contribution in [2.24, 2.45) is 10.8 Å².